The van der Waals surface area contributed by atoms with Gasteiger partial charge in [0.05, 0.1) is 13.2 Å². The molecule has 0 atom stereocenters. The molecule has 1 rings (SSSR count). The molecule has 1 amide bonds. The number of morpholine rings is 1. The quantitative estimate of drug-likeness (QED) is 0.444. The van der Waals surface area contributed by atoms with Gasteiger partial charge in [0.25, 0.3) is 5.91 Å². The zero-order valence-corrected chi connectivity index (χ0v) is 14.7. The van der Waals surface area contributed by atoms with Crippen molar-refractivity contribution in [3.63, 3.8) is 0 Å². The molecular formula is C13H9F16NO2. The first-order valence-electron chi connectivity index (χ1n) is 7.76. The Balaban J connectivity index is 3.53. The maximum absolute atomic E-state index is 13.8. The summed E-state index contributed by atoms with van der Waals surface area (Å²) in [5.74, 6) is -59.2. The molecule has 32 heavy (non-hydrogen) atoms. The molecule has 0 bridgehead atoms. The van der Waals surface area contributed by atoms with Gasteiger partial charge >= 0.3 is 47.9 Å². The molecule has 1 aliphatic rings. The van der Waals surface area contributed by atoms with Gasteiger partial charge in [0, 0.05) is 13.1 Å². The van der Waals surface area contributed by atoms with Crippen LogP contribution in [0.3, 0.4) is 0 Å². The SMILES string of the molecule is O=C(N1CCOCC1)C(F)(F)C(F)(F)C(F)(F)C(F)(F)C(F)(F)C(F)(F)C(F)(F)C(F)F. The molecule has 0 aromatic heterocycles. The van der Waals surface area contributed by atoms with Crippen molar-refractivity contribution in [2.75, 3.05) is 26.3 Å². The van der Waals surface area contributed by atoms with Crippen LogP contribution in [0, 0.1) is 0 Å². The Morgan fingerprint density at radius 3 is 1.34 bits per heavy atom. The van der Waals surface area contributed by atoms with Gasteiger partial charge in [-0.3, -0.25) is 4.79 Å². The lowest BCUT2D eigenvalue weighted by Crippen LogP contribution is -2.75. The van der Waals surface area contributed by atoms with Gasteiger partial charge in [0.2, 0.25) is 0 Å². The summed E-state index contributed by atoms with van der Waals surface area (Å²) in [4.78, 5) is 11.1. The molecule has 1 aliphatic heterocycles. The van der Waals surface area contributed by atoms with Crippen LogP contribution in [0.4, 0.5) is 70.2 Å². The van der Waals surface area contributed by atoms with Crippen LogP contribution in [0.5, 0.6) is 0 Å². The highest BCUT2D eigenvalue weighted by Gasteiger charge is 2.94. The van der Waals surface area contributed by atoms with E-state index in [4.69, 9.17) is 0 Å². The molecule has 0 N–H and O–H groups in total. The van der Waals surface area contributed by atoms with E-state index in [0.717, 1.165) is 0 Å². The van der Waals surface area contributed by atoms with Gasteiger partial charge in [-0.15, -0.1) is 0 Å². The largest absolute Gasteiger partial charge is 0.392 e. The average Bonchev–Trinajstić information content (AvgIpc) is 2.66. The van der Waals surface area contributed by atoms with Crippen LogP contribution in [0.2, 0.25) is 0 Å². The van der Waals surface area contributed by atoms with Gasteiger partial charge < -0.3 is 9.64 Å². The van der Waals surface area contributed by atoms with E-state index in [1.54, 1.807) is 0 Å². The summed E-state index contributed by atoms with van der Waals surface area (Å²) in [5.41, 5.74) is 0. The second-order valence-corrected chi connectivity index (χ2v) is 6.27. The molecule has 0 aromatic rings. The number of rotatable bonds is 8. The van der Waals surface area contributed by atoms with Crippen LogP contribution in [-0.4, -0.2) is 85.0 Å². The fourth-order valence-corrected chi connectivity index (χ4v) is 2.23. The monoisotopic (exact) mass is 515 g/mol. The number of hydrogen-bond acceptors (Lipinski definition) is 2. The van der Waals surface area contributed by atoms with Crippen LogP contribution in [0.25, 0.3) is 0 Å². The smallest absolute Gasteiger partial charge is 0.378 e. The van der Waals surface area contributed by atoms with Crippen molar-refractivity contribution in [3.8, 4) is 0 Å². The summed E-state index contributed by atoms with van der Waals surface area (Å²) in [6.07, 6.45) is -5.90. The molecule has 0 saturated carbocycles. The zero-order chi connectivity index (χ0) is 25.8. The van der Waals surface area contributed by atoms with E-state index in [2.05, 4.69) is 4.74 Å². The number of carbonyl (C=O) groups excluding carboxylic acids is 1. The molecule has 0 radical (unpaired) electrons. The van der Waals surface area contributed by atoms with E-state index in [-0.39, 0.29) is 4.90 Å². The maximum atomic E-state index is 13.8. The normalized spacial score (nSPS) is 18.3. The van der Waals surface area contributed by atoms with Crippen molar-refractivity contribution >= 4 is 5.91 Å². The predicted molar refractivity (Wildman–Crippen MR) is 68.0 cm³/mol. The first kappa shape index (κ1) is 28.3. The lowest BCUT2D eigenvalue weighted by molar-refractivity contribution is -0.444. The minimum Gasteiger partial charge on any atom is -0.378 e. The number of amides is 1. The average molecular weight is 515 g/mol. The summed E-state index contributed by atoms with van der Waals surface area (Å²) in [6.45, 7) is -3.29. The van der Waals surface area contributed by atoms with Crippen LogP contribution in [-0.2, 0) is 9.53 Å². The minimum atomic E-state index is -8.51. The van der Waals surface area contributed by atoms with E-state index in [1.165, 1.54) is 0 Å². The third-order valence-electron chi connectivity index (χ3n) is 4.23. The molecule has 0 aromatic carbocycles. The number of nitrogens with zero attached hydrogens (tertiary/aromatic N) is 1. The van der Waals surface area contributed by atoms with Crippen molar-refractivity contribution in [1.29, 1.82) is 0 Å². The van der Waals surface area contributed by atoms with E-state index in [0.29, 0.717) is 0 Å². The van der Waals surface area contributed by atoms with Crippen LogP contribution >= 0.6 is 0 Å². The number of hydrogen-bond donors (Lipinski definition) is 0. The van der Waals surface area contributed by atoms with Crippen molar-refractivity contribution in [2.45, 2.75) is 47.9 Å². The number of halogens is 16. The Morgan fingerprint density at radius 2 is 0.969 bits per heavy atom. The summed E-state index contributed by atoms with van der Waals surface area (Å²) in [6, 6.07) is 0. The van der Waals surface area contributed by atoms with E-state index in [9.17, 15) is 75.0 Å². The highest BCUT2D eigenvalue weighted by atomic mass is 19.4. The number of carbonyl (C=O) groups is 1. The molecule has 19 heteroatoms. The summed E-state index contributed by atoms with van der Waals surface area (Å²) >= 11 is 0. The Morgan fingerprint density at radius 1 is 0.625 bits per heavy atom. The van der Waals surface area contributed by atoms with Crippen molar-refractivity contribution in [2.24, 2.45) is 0 Å². The van der Waals surface area contributed by atoms with Crippen molar-refractivity contribution in [3.05, 3.63) is 0 Å². The molecule has 190 valence electrons. The molecule has 0 aliphatic carbocycles. The van der Waals surface area contributed by atoms with Crippen molar-refractivity contribution in [1.82, 2.24) is 4.90 Å². The maximum Gasteiger partial charge on any atom is 0.392 e. The topological polar surface area (TPSA) is 29.5 Å². The fourth-order valence-electron chi connectivity index (χ4n) is 2.23. The molecule has 0 unspecified atom stereocenters. The first-order valence-corrected chi connectivity index (χ1v) is 7.76. The van der Waals surface area contributed by atoms with Gasteiger partial charge in [-0.25, -0.2) is 8.78 Å². The van der Waals surface area contributed by atoms with Gasteiger partial charge in [0.15, 0.2) is 0 Å². The van der Waals surface area contributed by atoms with E-state index in [1.807, 2.05) is 0 Å². The van der Waals surface area contributed by atoms with Gasteiger partial charge in [-0.2, -0.15) is 61.5 Å². The molecule has 1 saturated heterocycles. The third kappa shape index (κ3) is 3.63. The molecule has 1 heterocycles. The van der Waals surface area contributed by atoms with Gasteiger partial charge in [-0.05, 0) is 0 Å². The predicted octanol–water partition coefficient (Wildman–Crippen LogP) is 4.56. The number of alkyl halides is 16. The summed E-state index contributed by atoms with van der Waals surface area (Å²) in [7, 11) is 0. The second-order valence-electron chi connectivity index (χ2n) is 6.27. The molecular weight excluding hydrogens is 506 g/mol. The van der Waals surface area contributed by atoms with Gasteiger partial charge in [0.1, 0.15) is 0 Å². The van der Waals surface area contributed by atoms with Crippen LogP contribution in [0.1, 0.15) is 0 Å². The molecule has 3 nitrogen and oxygen atoms in total. The molecule has 1 fully saturated rings. The molecule has 0 spiro atoms. The summed E-state index contributed by atoms with van der Waals surface area (Å²) < 4.78 is 216. The van der Waals surface area contributed by atoms with Crippen molar-refractivity contribution < 1.29 is 79.8 Å². The van der Waals surface area contributed by atoms with Crippen LogP contribution < -0.4 is 0 Å². The standard InChI is InChI=1S/C13H9F16NO2/c14-5(15)7(16,17)9(20,21)11(24,25)13(28,29)12(26,27)10(22,23)8(18,19)6(31)30-1-3-32-4-2-30/h5H,1-4H2. The highest BCUT2D eigenvalue weighted by molar-refractivity contribution is 5.85. The lowest BCUT2D eigenvalue weighted by atomic mass is 9.89. The second kappa shape index (κ2) is 7.96. The van der Waals surface area contributed by atoms with E-state index < -0.39 is 80.1 Å². The zero-order valence-electron chi connectivity index (χ0n) is 14.7. The van der Waals surface area contributed by atoms with E-state index >= 15 is 0 Å². The lowest BCUT2D eigenvalue weighted by Gasteiger charge is -2.42. The minimum absolute atomic E-state index is 0.344. The number of ether oxygens (including phenoxy) is 1. The Bertz CT molecular complexity index is 700. The first-order chi connectivity index (χ1) is 14.0. The van der Waals surface area contributed by atoms with Crippen LogP contribution in [0.15, 0.2) is 0 Å². The third-order valence-corrected chi connectivity index (χ3v) is 4.23. The Labute approximate surface area is 166 Å². The fraction of sp³-hybridized carbons (Fsp3) is 0.923. The summed E-state index contributed by atoms with van der Waals surface area (Å²) in [5, 5.41) is 0. The Kier molecular flexibility index (Phi) is 7.05. The van der Waals surface area contributed by atoms with Gasteiger partial charge in [-0.1, -0.05) is 0 Å². The highest BCUT2D eigenvalue weighted by Crippen LogP contribution is 2.62. The Hall–Kier alpha value is -1.69.